The second-order valence-electron chi connectivity index (χ2n) is 5.44. The summed E-state index contributed by atoms with van der Waals surface area (Å²) in [6.45, 7) is 4.60. The van der Waals surface area contributed by atoms with Gasteiger partial charge in [-0.2, -0.15) is 0 Å². The molecule has 1 fully saturated rings. The van der Waals surface area contributed by atoms with Gasteiger partial charge in [-0.05, 0) is 46.9 Å². The van der Waals surface area contributed by atoms with Crippen molar-refractivity contribution >= 4 is 34.0 Å². The highest BCUT2D eigenvalue weighted by atomic mass is 127. The summed E-state index contributed by atoms with van der Waals surface area (Å²) >= 11 is 2.16. The summed E-state index contributed by atoms with van der Waals surface area (Å²) in [5.41, 5.74) is 1.16. The summed E-state index contributed by atoms with van der Waals surface area (Å²) in [6, 6.07) is 5.49. The molecule has 0 aromatic heterocycles. The lowest BCUT2D eigenvalue weighted by Gasteiger charge is -2.35. The Morgan fingerprint density at radius 3 is 2.74 bits per heavy atom. The molecule has 3 unspecified atom stereocenters. The van der Waals surface area contributed by atoms with Gasteiger partial charge in [-0.25, -0.2) is 0 Å². The fourth-order valence-corrected chi connectivity index (χ4v) is 3.37. The zero-order valence-corrected chi connectivity index (χ0v) is 13.4. The summed E-state index contributed by atoms with van der Waals surface area (Å²) in [4.78, 5) is 10.4. The smallest absolute Gasteiger partial charge is 0.270 e. The Morgan fingerprint density at radius 1 is 1.37 bits per heavy atom. The first-order valence-corrected chi connectivity index (χ1v) is 7.77. The average molecular weight is 374 g/mol. The van der Waals surface area contributed by atoms with Gasteiger partial charge < -0.3 is 5.32 Å². The normalized spacial score (nSPS) is 27.0. The molecular formula is C14H19IN2O2. The summed E-state index contributed by atoms with van der Waals surface area (Å²) in [5.74, 6) is 1.38. The van der Waals surface area contributed by atoms with Crippen molar-refractivity contribution in [2.75, 3.05) is 5.32 Å². The Balaban J connectivity index is 2.12. The first-order valence-electron chi connectivity index (χ1n) is 6.69. The molecule has 1 aliphatic carbocycles. The number of nitro benzene ring substituents is 1. The second-order valence-corrected chi connectivity index (χ2v) is 6.60. The van der Waals surface area contributed by atoms with E-state index in [1.165, 1.54) is 19.3 Å². The number of rotatable bonds is 3. The Hall–Kier alpha value is -0.850. The highest BCUT2D eigenvalue weighted by Gasteiger charge is 2.27. The quantitative estimate of drug-likeness (QED) is 0.484. The lowest BCUT2D eigenvalue weighted by atomic mass is 9.78. The number of benzene rings is 1. The molecule has 0 radical (unpaired) electrons. The predicted octanol–water partition coefficient (Wildman–Crippen LogP) is 4.44. The van der Waals surface area contributed by atoms with Gasteiger partial charge in [0.1, 0.15) is 0 Å². The first-order chi connectivity index (χ1) is 8.99. The van der Waals surface area contributed by atoms with Crippen LogP contribution < -0.4 is 5.32 Å². The third-order valence-corrected chi connectivity index (χ3v) is 5.10. The fraction of sp³-hybridized carbons (Fsp3) is 0.571. The zero-order valence-electron chi connectivity index (χ0n) is 11.2. The van der Waals surface area contributed by atoms with Crippen molar-refractivity contribution in [2.45, 2.75) is 39.2 Å². The van der Waals surface area contributed by atoms with Gasteiger partial charge in [0.25, 0.3) is 5.69 Å². The molecule has 0 saturated heterocycles. The number of hydrogen-bond donors (Lipinski definition) is 1. The van der Waals surface area contributed by atoms with Gasteiger partial charge >= 0.3 is 0 Å². The number of non-ortho nitro benzene ring substituents is 1. The summed E-state index contributed by atoms with van der Waals surface area (Å²) in [5, 5.41) is 14.3. The van der Waals surface area contributed by atoms with E-state index in [1.54, 1.807) is 12.1 Å². The van der Waals surface area contributed by atoms with Gasteiger partial charge in [0.2, 0.25) is 0 Å². The summed E-state index contributed by atoms with van der Waals surface area (Å²) in [7, 11) is 0. The topological polar surface area (TPSA) is 55.2 Å². The van der Waals surface area contributed by atoms with Crippen molar-refractivity contribution in [3.05, 3.63) is 31.9 Å². The van der Waals surface area contributed by atoms with Crippen LogP contribution in [0, 0.1) is 25.5 Å². The lowest BCUT2D eigenvalue weighted by Crippen LogP contribution is -2.35. The maximum atomic E-state index is 10.7. The minimum absolute atomic E-state index is 0.153. The van der Waals surface area contributed by atoms with Crippen LogP contribution in [-0.2, 0) is 0 Å². The average Bonchev–Trinajstić information content (AvgIpc) is 2.37. The second kappa shape index (κ2) is 6.07. The van der Waals surface area contributed by atoms with Crippen LogP contribution in [0.3, 0.4) is 0 Å². The highest BCUT2D eigenvalue weighted by molar-refractivity contribution is 14.1. The first kappa shape index (κ1) is 14.6. The molecule has 1 N–H and O–H groups in total. The standard InChI is InChI=1S/C14H19IN2O2/c1-9-4-3-5-13(10(9)2)16-14-7-6-11(17(18)19)8-12(14)15/h6-10,13,16H,3-5H2,1-2H3. The molecule has 0 amide bonds. The van der Waals surface area contributed by atoms with Crippen molar-refractivity contribution in [3.8, 4) is 0 Å². The molecule has 1 aromatic rings. The Labute approximate surface area is 127 Å². The van der Waals surface area contributed by atoms with Crippen LogP contribution >= 0.6 is 22.6 Å². The minimum Gasteiger partial charge on any atom is -0.381 e. The molecule has 0 spiro atoms. The van der Waals surface area contributed by atoms with E-state index in [4.69, 9.17) is 0 Å². The number of anilines is 1. The number of halogens is 1. The van der Waals surface area contributed by atoms with Crippen LogP contribution in [0.5, 0.6) is 0 Å². The maximum absolute atomic E-state index is 10.7. The van der Waals surface area contributed by atoms with Gasteiger partial charge in [0, 0.05) is 27.4 Å². The molecule has 0 aliphatic heterocycles. The summed E-state index contributed by atoms with van der Waals surface area (Å²) < 4.78 is 0.914. The number of nitrogens with zero attached hydrogens (tertiary/aromatic N) is 1. The molecule has 2 rings (SSSR count). The predicted molar refractivity (Wildman–Crippen MR) is 85.4 cm³/mol. The third kappa shape index (κ3) is 3.38. The Morgan fingerprint density at radius 2 is 2.11 bits per heavy atom. The number of nitrogens with one attached hydrogen (secondary N) is 1. The zero-order chi connectivity index (χ0) is 14.0. The molecule has 1 aromatic carbocycles. The van der Waals surface area contributed by atoms with E-state index in [9.17, 15) is 10.1 Å². The molecule has 0 bridgehead atoms. The van der Waals surface area contributed by atoms with Crippen molar-refractivity contribution in [2.24, 2.45) is 11.8 Å². The van der Waals surface area contributed by atoms with Crippen molar-refractivity contribution in [1.82, 2.24) is 0 Å². The molecule has 19 heavy (non-hydrogen) atoms. The molecule has 4 nitrogen and oxygen atoms in total. The maximum Gasteiger partial charge on any atom is 0.270 e. The van der Waals surface area contributed by atoms with E-state index in [2.05, 4.69) is 41.8 Å². The van der Waals surface area contributed by atoms with E-state index in [0.717, 1.165) is 15.2 Å². The monoisotopic (exact) mass is 374 g/mol. The van der Waals surface area contributed by atoms with Gasteiger partial charge in [0.05, 0.1) is 4.92 Å². The van der Waals surface area contributed by atoms with E-state index < -0.39 is 0 Å². The lowest BCUT2D eigenvalue weighted by molar-refractivity contribution is -0.384. The fourth-order valence-electron chi connectivity index (χ4n) is 2.72. The Kier molecular flexibility index (Phi) is 4.65. The Bertz CT molecular complexity index is 479. The molecule has 5 heteroatoms. The number of hydrogen-bond acceptors (Lipinski definition) is 3. The summed E-state index contributed by atoms with van der Waals surface area (Å²) in [6.07, 6.45) is 3.74. The van der Waals surface area contributed by atoms with Gasteiger partial charge in [-0.15, -0.1) is 0 Å². The van der Waals surface area contributed by atoms with Crippen LogP contribution in [-0.4, -0.2) is 11.0 Å². The molecular weight excluding hydrogens is 355 g/mol. The van der Waals surface area contributed by atoms with E-state index >= 15 is 0 Å². The molecule has 0 heterocycles. The van der Waals surface area contributed by atoms with Crippen LogP contribution in [0.25, 0.3) is 0 Å². The van der Waals surface area contributed by atoms with Crippen molar-refractivity contribution in [3.63, 3.8) is 0 Å². The highest BCUT2D eigenvalue weighted by Crippen LogP contribution is 2.33. The van der Waals surface area contributed by atoms with E-state index in [0.29, 0.717) is 12.0 Å². The molecule has 1 aliphatic rings. The largest absolute Gasteiger partial charge is 0.381 e. The van der Waals surface area contributed by atoms with E-state index in [1.807, 2.05) is 6.07 Å². The van der Waals surface area contributed by atoms with Gasteiger partial charge in [-0.1, -0.05) is 26.7 Å². The van der Waals surface area contributed by atoms with E-state index in [-0.39, 0.29) is 10.6 Å². The van der Waals surface area contributed by atoms with Crippen LogP contribution in [0.1, 0.15) is 33.1 Å². The van der Waals surface area contributed by atoms with Crippen LogP contribution in [0.15, 0.2) is 18.2 Å². The molecule has 1 saturated carbocycles. The SMILES string of the molecule is CC1CCCC(Nc2ccc([N+](=O)[O-])cc2I)C1C. The van der Waals surface area contributed by atoms with Crippen molar-refractivity contribution in [1.29, 1.82) is 0 Å². The molecule has 104 valence electrons. The third-order valence-electron chi connectivity index (χ3n) is 4.21. The van der Waals surface area contributed by atoms with Gasteiger partial charge in [-0.3, -0.25) is 10.1 Å². The van der Waals surface area contributed by atoms with Crippen LogP contribution in [0.2, 0.25) is 0 Å². The van der Waals surface area contributed by atoms with Crippen LogP contribution in [0.4, 0.5) is 11.4 Å². The number of nitro groups is 1. The van der Waals surface area contributed by atoms with Crippen molar-refractivity contribution < 1.29 is 4.92 Å². The molecule has 3 atom stereocenters. The van der Waals surface area contributed by atoms with Gasteiger partial charge in [0.15, 0.2) is 0 Å². The minimum atomic E-state index is -0.350.